The van der Waals surface area contributed by atoms with Crippen LogP contribution in [0.15, 0.2) is 0 Å². The lowest BCUT2D eigenvalue weighted by atomic mass is 10.2. The number of hydrogen-bond acceptors (Lipinski definition) is 4. The van der Waals surface area contributed by atoms with Crippen molar-refractivity contribution < 1.29 is 9.53 Å². The zero-order valence-electron chi connectivity index (χ0n) is 8.88. The molecule has 0 rings (SSSR count). The van der Waals surface area contributed by atoms with Crippen LogP contribution in [0.3, 0.4) is 0 Å². The van der Waals surface area contributed by atoms with Crippen molar-refractivity contribution in [3.63, 3.8) is 0 Å². The van der Waals surface area contributed by atoms with Crippen LogP contribution >= 0.6 is 0 Å². The molecule has 4 heteroatoms. The number of carbonyl (C=O) groups is 1. The third-order valence-electron chi connectivity index (χ3n) is 1.75. The number of nitrogens with one attached hydrogen (secondary N) is 1. The molecule has 0 amide bonds. The topological polar surface area (TPSA) is 62.1 Å². The summed E-state index contributed by atoms with van der Waals surface area (Å²) in [4.78, 5) is 10.9. The first-order chi connectivity index (χ1) is 6.70. The Balaban J connectivity index is 3.29. The van der Waals surface area contributed by atoms with Gasteiger partial charge in [-0.3, -0.25) is 4.79 Å². The monoisotopic (exact) mass is 198 g/mol. The number of nitrogens with zero attached hydrogens (tertiary/aromatic N) is 1. The Morgan fingerprint density at radius 1 is 1.64 bits per heavy atom. The largest absolute Gasteiger partial charge is 0.466 e. The molecule has 0 aromatic rings. The molecule has 0 radical (unpaired) electrons. The number of rotatable bonds is 7. The van der Waals surface area contributed by atoms with Gasteiger partial charge < -0.3 is 10.1 Å². The zero-order chi connectivity index (χ0) is 10.8. The zero-order valence-corrected chi connectivity index (χ0v) is 8.88. The molecule has 80 valence electrons. The van der Waals surface area contributed by atoms with E-state index in [9.17, 15) is 4.79 Å². The summed E-state index contributed by atoms with van der Waals surface area (Å²) in [7, 11) is 0. The van der Waals surface area contributed by atoms with Gasteiger partial charge in [0, 0.05) is 12.5 Å². The fraction of sp³-hybridized carbons (Fsp3) is 0.800. The van der Waals surface area contributed by atoms with Crippen molar-refractivity contribution in [1.82, 2.24) is 5.32 Å². The van der Waals surface area contributed by atoms with Gasteiger partial charge in [0.05, 0.1) is 19.1 Å². The summed E-state index contributed by atoms with van der Waals surface area (Å²) in [6.07, 6.45) is 1.70. The molecule has 0 saturated heterocycles. The Bertz CT molecular complexity index is 199. The maximum Gasteiger partial charge on any atom is 0.305 e. The predicted molar refractivity (Wildman–Crippen MR) is 53.6 cm³/mol. The third-order valence-corrected chi connectivity index (χ3v) is 1.75. The summed E-state index contributed by atoms with van der Waals surface area (Å²) in [5.41, 5.74) is 0. The minimum Gasteiger partial charge on any atom is -0.466 e. The average Bonchev–Trinajstić information content (AvgIpc) is 2.13. The normalized spacial score (nSPS) is 11.8. The molecule has 1 atom stereocenters. The van der Waals surface area contributed by atoms with Crippen LogP contribution in [0.5, 0.6) is 0 Å². The SMILES string of the molecule is CCOC(=O)CCCNC(C)CC#N. The Morgan fingerprint density at radius 2 is 2.36 bits per heavy atom. The Kier molecular flexibility index (Phi) is 7.86. The van der Waals surface area contributed by atoms with E-state index < -0.39 is 0 Å². The number of esters is 1. The standard InChI is InChI=1S/C10H18N2O2/c1-3-14-10(13)5-4-8-12-9(2)6-7-11/h9,12H,3-6,8H2,1-2H3. The van der Waals surface area contributed by atoms with Crippen LogP contribution in [0.25, 0.3) is 0 Å². The molecule has 0 fully saturated rings. The quantitative estimate of drug-likeness (QED) is 0.493. The summed E-state index contributed by atoms with van der Waals surface area (Å²) in [6.45, 7) is 4.94. The Labute approximate surface area is 85.2 Å². The van der Waals surface area contributed by atoms with Gasteiger partial charge in [0.25, 0.3) is 0 Å². The number of ether oxygens (including phenoxy) is 1. The van der Waals surface area contributed by atoms with Crippen LogP contribution in [0.2, 0.25) is 0 Å². The van der Waals surface area contributed by atoms with Gasteiger partial charge in [0.1, 0.15) is 0 Å². The molecule has 0 bridgehead atoms. The Morgan fingerprint density at radius 3 is 2.93 bits per heavy atom. The molecule has 0 aliphatic rings. The highest BCUT2D eigenvalue weighted by molar-refractivity contribution is 5.69. The lowest BCUT2D eigenvalue weighted by molar-refractivity contribution is -0.143. The second kappa shape index (κ2) is 8.52. The van der Waals surface area contributed by atoms with Crippen molar-refractivity contribution in [3.05, 3.63) is 0 Å². The van der Waals surface area contributed by atoms with E-state index in [-0.39, 0.29) is 12.0 Å². The summed E-state index contributed by atoms with van der Waals surface area (Å²) in [5.74, 6) is -0.151. The summed E-state index contributed by atoms with van der Waals surface area (Å²) >= 11 is 0. The van der Waals surface area contributed by atoms with Gasteiger partial charge in [-0.15, -0.1) is 0 Å². The second-order valence-corrected chi connectivity index (χ2v) is 3.13. The van der Waals surface area contributed by atoms with Gasteiger partial charge in [0.15, 0.2) is 0 Å². The van der Waals surface area contributed by atoms with E-state index in [1.54, 1.807) is 6.92 Å². The molecule has 1 N–H and O–H groups in total. The Hall–Kier alpha value is -1.08. The van der Waals surface area contributed by atoms with Gasteiger partial charge in [-0.1, -0.05) is 0 Å². The fourth-order valence-electron chi connectivity index (χ4n) is 1.02. The van der Waals surface area contributed by atoms with Crippen molar-refractivity contribution in [2.75, 3.05) is 13.2 Å². The lowest BCUT2D eigenvalue weighted by Crippen LogP contribution is -2.26. The maximum atomic E-state index is 10.9. The summed E-state index contributed by atoms with van der Waals surface area (Å²) in [5, 5.41) is 11.5. The molecular formula is C10H18N2O2. The number of carbonyl (C=O) groups excluding carboxylic acids is 1. The van der Waals surface area contributed by atoms with E-state index in [0.717, 1.165) is 13.0 Å². The molecule has 0 spiro atoms. The van der Waals surface area contributed by atoms with Gasteiger partial charge in [-0.2, -0.15) is 5.26 Å². The van der Waals surface area contributed by atoms with E-state index in [2.05, 4.69) is 11.4 Å². The molecule has 0 aliphatic heterocycles. The van der Waals surface area contributed by atoms with E-state index in [0.29, 0.717) is 19.4 Å². The molecular weight excluding hydrogens is 180 g/mol. The van der Waals surface area contributed by atoms with Crippen LogP contribution in [-0.2, 0) is 9.53 Å². The first kappa shape index (κ1) is 12.9. The molecule has 0 aliphatic carbocycles. The van der Waals surface area contributed by atoms with Crippen LogP contribution in [0.1, 0.15) is 33.1 Å². The van der Waals surface area contributed by atoms with Gasteiger partial charge in [-0.05, 0) is 26.8 Å². The molecule has 14 heavy (non-hydrogen) atoms. The maximum absolute atomic E-state index is 10.9. The molecule has 4 nitrogen and oxygen atoms in total. The lowest BCUT2D eigenvalue weighted by Gasteiger charge is -2.09. The van der Waals surface area contributed by atoms with Crippen LogP contribution in [0.4, 0.5) is 0 Å². The van der Waals surface area contributed by atoms with E-state index >= 15 is 0 Å². The highest BCUT2D eigenvalue weighted by atomic mass is 16.5. The molecule has 0 saturated carbocycles. The van der Waals surface area contributed by atoms with Gasteiger partial charge in [-0.25, -0.2) is 0 Å². The van der Waals surface area contributed by atoms with Crippen molar-refractivity contribution in [2.45, 2.75) is 39.2 Å². The van der Waals surface area contributed by atoms with E-state index in [1.807, 2.05) is 6.92 Å². The highest BCUT2D eigenvalue weighted by Crippen LogP contribution is 1.93. The van der Waals surface area contributed by atoms with E-state index in [1.165, 1.54) is 0 Å². The van der Waals surface area contributed by atoms with Crippen LogP contribution in [-0.4, -0.2) is 25.2 Å². The van der Waals surface area contributed by atoms with Gasteiger partial charge in [0.2, 0.25) is 0 Å². The summed E-state index contributed by atoms with van der Waals surface area (Å²) < 4.78 is 4.78. The molecule has 0 aromatic heterocycles. The summed E-state index contributed by atoms with van der Waals surface area (Å²) in [6, 6.07) is 2.28. The van der Waals surface area contributed by atoms with Crippen molar-refractivity contribution in [1.29, 1.82) is 5.26 Å². The number of nitriles is 1. The minimum atomic E-state index is -0.151. The van der Waals surface area contributed by atoms with Crippen molar-refractivity contribution in [2.24, 2.45) is 0 Å². The molecule has 1 unspecified atom stereocenters. The number of hydrogen-bond donors (Lipinski definition) is 1. The first-order valence-corrected chi connectivity index (χ1v) is 4.96. The van der Waals surface area contributed by atoms with Crippen LogP contribution in [0, 0.1) is 11.3 Å². The van der Waals surface area contributed by atoms with Crippen LogP contribution < -0.4 is 5.32 Å². The minimum absolute atomic E-state index is 0.151. The molecule has 0 aromatic carbocycles. The average molecular weight is 198 g/mol. The van der Waals surface area contributed by atoms with Gasteiger partial charge >= 0.3 is 5.97 Å². The highest BCUT2D eigenvalue weighted by Gasteiger charge is 2.02. The van der Waals surface area contributed by atoms with Crippen molar-refractivity contribution >= 4 is 5.97 Å². The smallest absolute Gasteiger partial charge is 0.305 e. The van der Waals surface area contributed by atoms with E-state index in [4.69, 9.17) is 10.00 Å². The first-order valence-electron chi connectivity index (χ1n) is 4.96. The predicted octanol–water partition coefficient (Wildman–Crippen LogP) is 1.22. The second-order valence-electron chi connectivity index (χ2n) is 3.13. The van der Waals surface area contributed by atoms with Crippen molar-refractivity contribution in [3.8, 4) is 6.07 Å². The molecule has 0 heterocycles. The third kappa shape index (κ3) is 7.56. The fourth-order valence-corrected chi connectivity index (χ4v) is 1.02.